The van der Waals surface area contributed by atoms with E-state index in [-0.39, 0.29) is 6.61 Å². The molecule has 6 nitrogen and oxygen atoms in total. The molecule has 0 atom stereocenters. The first-order valence-electron chi connectivity index (χ1n) is 2.68. The van der Waals surface area contributed by atoms with Crippen LogP contribution in [0.25, 0.3) is 0 Å². The van der Waals surface area contributed by atoms with Gasteiger partial charge in [-0.15, -0.1) is 0 Å². The molecule has 0 amide bonds. The minimum Gasteiger partial charge on any atom is -0.272 e. The van der Waals surface area contributed by atoms with E-state index in [2.05, 4.69) is 4.18 Å². The molecule has 0 saturated carbocycles. The predicted molar refractivity (Wildman–Crippen MR) is 36.7 cm³/mol. The Balaban J connectivity index is 4.53. The molecule has 68 valence electrons. The van der Waals surface area contributed by atoms with E-state index in [1.54, 1.807) is 6.92 Å². The zero-order valence-electron chi connectivity index (χ0n) is 5.72. The lowest BCUT2D eigenvalue weighted by atomic mass is 10.5. The molecule has 0 bridgehead atoms. The summed E-state index contributed by atoms with van der Waals surface area (Å²) in [5.41, 5.74) is 0. The molecule has 1 N–H and O–H groups in total. The van der Waals surface area contributed by atoms with Crippen molar-refractivity contribution in [2.45, 2.75) is 13.3 Å². The van der Waals surface area contributed by atoms with Crippen LogP contribution in [0.15, 0.2) is 0 Å². The fourth-order valence-corrected chi connectivity index (χ4v) is 1.31. The standard InChI is InChI=1S/C3H8O6S2/c1-2-3-9-11(7,8)10(4,5)6/h2-3H2,1H3,(H,4,5,6). The lowest BCUT2D eigenvalue weighted by molar-refractivity contribution is 0.323. The van der Waals surface area contributed by atoms with Crippen molar-refractivity contribution < 1.29 is 25.6 Å². The Morgan fingerprint density at radius 1 is 1.27 bits per heavy atom. The molecule has 0 aromatic carbocycles. The van der Waals surface area contributed by atoms with Gasteiger partial charge in [0.1, 0.15) is 0 Å². The molecule has 0 saturated heterocycles. The third kappa shape index (κ3) is 3.14. The molecule has 0 rings (SSSR count). The zero-order valence-corrected chi connectivity index (χ0v) is 7.35. The minimum atomic E-state index is -5.12. The molecule has 0 aliphatic rings. The van der Waals surface area contributed by atoms with Crippen LogP contribution in [0, 0.1) is 0 Å². The van der Waals surface area contributed by atoms with E-state index >= 15 is 0 Å². The number of hydrogen-bond donors (Lipinski definition) is 1. The Bertz CT molecular complexity index is 297. The maximum atomic E-state index is 10.4. The molecule has 0 heterocycles. The normalized spacial score (nSPS) is 13.3. The molecule has 0 aliphatic heterocycles. The van der Waals surface area contributed by atoms with Crippen molar-refractivity contribution in [2.75, 3.05) is 6.61 Å². The summed E-state index contributed by atoms with van der Waals surface area (Å²) in [6, 6.07) is 0. The second-order valence-electron chi connectivity index (χ2n) is 1.66. The van der Waals surface area contributed by atoms with Crippen LogP contribution >= 0.6 is 0 Å². The molecule has 0 unspecified atom stereocenters. The van der Waals surface area contributed by atoms with Crippen molar-refractivity contribution in [3.8, 4) is 0 Å². The van der Waals surface area contributed by atoms with Gasteiger partial charge in [-0.1, -0.05) is 6.92 Å². The predicted octanol–water partition coefficient (Wildman–Crippen LogP) is -0.454. The maximum absolute atomic E-state index is 10.4. The SMILES string of the molecule is CCCOS(=O)(=O)S(=O)(=O)O. The highest BCUT2D eigenvalue weighted by atomic mass is 33.2. The van der Waals surface area contributed by atoms with Gasteiger partial charge >= 0.3 is 18.3 Å². The van der Waals surface area contributed by atoms with Crippen molar-refractivity contribution in [3.05, 3.63) is 0 Å². The second-order valence-corrected chi connectivity index (χ2v) is 6.05. The molecule has 8 heteroatoms. The summed E-state index contributed by atoms with van der Waals surface area (Å²) in [6.45, 7) is 1.33. The van der Waals surface area contributed by atoms with E-state index in [1.165, 1.54) is 0 Å². The van der Waals surface area contributed by atoms with Crippen molar-refractivity contribution >= 4 is 18.3 Å². The van der Waals surface area contributed by atoms with Gasteiger partial charge < -0.3 is 0 Å². The van der Waals surface area contributed by atoms with Gasteiger partial charge in [0.15, 0.2) is 0 Å². The topological polar surface area (TPSA) is 97.7 Å². The Morgan fingerprint density at radius 3 is 2.00 bits per heavy atom. The van der Waals surface area contributed by atoms with E-state index in [0.717, 1.165) is 0 Å². The van der Waals surface area contributed by atoms with Crippen LogP contribution in [0.1, 0.15) is 13.3 Å². The summed E-state index contributed by atoms with van der Waals surface area (Å²) < 4.78 is 52.6. The number of hydrogen-bond acceptors (Lipinski definition) is 5. The summed E-state index contributed by atoms with van der Waals surface area (Å²) in [4.78, 5) is 0. The average molecular weight is 204 g/mol. The highest BCUT2D eigenvalue weighted by molar-refractivity contribution is 8.63. The molecular formula is C3H8O6S2. The van der Waals surface area contributed by atoms with Gasteiger partial charge in [-0.2, -0.15) is 16.8 Å². The first-order chi connectivity index (χ1) is 4.81. The molecule has 11 heavy (non-hydrogen) atoms. The Hall–Kier alpha value is -0.180. The van der Waals surface area contributed by atoms with Crippen LogP contribution in [0.5, 0.6) is 0 Å². The largest absolute Gasteiger partial charge is 0.399 e. The minimum absolute atomic E-state index is 0.262. The quantitative estimate of drug-likeness (QED) is 0.491. The first-order valence-corrected chi connectivity index (χ1v) is 6.04. The summed E-state index contributed by atoms with van der Waals surface area (Å²) in [6.07, 6.45) is 0.342. The van der Waals surface area contributed by atoms with Gasteiger partial charge in [0.25, 0.3) is 0 Å². The van der Waals surface area contributed by atoms with Crippen molar-refractivity contribution in [1.29, 1.82) is 0 Å². The third-order valence-corrected chi connectivity index (χ3v) is 3.50. The molecule has 0 fully saturated rings. The lowest BCUT2D eigenvalue weighted by Gasteiger charge is -1.98. The first kappa shape index (κ1) is 10.8. The monoisotopic (exact) mass is 204 g/mol. The van der Waals surface area contributed by atoms with Crippen LogP contribution in [-0.4, -0.2) is 28.0 Å². The zero-order chi connectivity index (χ0) is 9.12. The van der Waals surface area contributed by atoms with Gasteiger partial charge in [0.05, 0.1) is 6.61 Å². The van der Waals surface area contributed by atoms with Gasteiger partial charge in [-0.05, 0) is 6.42 Å². The van der Waals surface area contributed by atoms with Gasteiger partial charge in [0, 0.05) is 0 Å². The van der Waals surface area contributed by atoms with E-state index < -0.39 is 18.3 Å². The number of rotatable bonds is 4. The Kier molecular flexibility index (Phi) is 3.42. The molecule has 0 spiro atoms. The van der Waals surface area contributed by atoms with E-state index in [1.807, 2.05) is 0 Å². The highest BCUT2D eigenvalue weighted by Gasteiger charge is 2.27. The Labute approximate surface area is 64.4 Å². The molecular weight excluding hydrogens is 196 g/mol. The van der Waals surface area contributed by atoms with Crippen LogP contribution < -0.4 is 0 Å². The van der Waals surface area contributed by atoms with E-state index in [4.69, 9.17) is 4.55 Å². The van der Waals surface area contributed by atoms with Crippen LogP contribution in [0.2, 0.25) is 0 Å². The van der Waals surface area contributed by atoms with Crippen LogP contribution in [0.4, 0.5) is 0 Å². The fourth-order valence-electron chi connectivity index (χ4n) is 0.246. The molecule has 0 aromatic heterocycles. The highest BCUT2D eigenvalue weighted by Crippen LogP contribution is 2.02. The van der Waals surface area contributed by atoms with Crippen LogP contribution in [-0.2, 0) is 22.5 Å². The van der Waals surface area contributed by atoms with E-state index in [0.29, 0.717) is 6.42 Å². The lowest BCUT2D eigenvalue weighted by Crippen LogP contribution is -2.17. The van der Waals surface area contributed by atoms with Gasteiger partial charge in [-0.3, -0.25) is 8.74 Å². The summed E-state index contributed by atoms with van der Waals surface area (Å²) >= 11 is 0. The summed E-state index contributed by atoms with van der Waals surface area (Å²) in [5.74, 6) is 0. The van der Waals surface area contributed by atoms with Crippen molar-refractivity contribution in [3.63, 3.8) is 0 Å². The fraction of sp³-hybridized carbons (Fsp3) is 1.00. The van der Waals surface area contributed by atoms with Gasteiger partial charge in [-0.25, -0.2) is 0 Å². The molecule has 0 aliphatic carbocycles. The van der Waals surface area contributed by atoms with Gasteiger partial charge in [0.2, 0.25) is 0 Å². The van der Waals surface area contributed by atoms with E-state index in [9.17, 15) is 16.8 Å². The second kappa shape index (κ2) is 3.48. The Morgan fingerprint density at radius 2 is 1.73 bits per heavy atom. The third-order valence-electron chi connectivity index (χ3n) is 0.690. The average Bonchev–Trinajstić information content (AvgIpc) is 1.81. The van der Waals surface area contributed by atoms with Crippen molar-refractivity contribution in [2.24, 2.45) is 0 Å². The summed E-state index contributed by atoms with van der Waals surface area (Å²) in [5, 5.41) is 0. The van der Waals surface area contributed by atoms with Crippen molar-refractivity contribution in [1.82, 2.24) is 0 Å². The smallest absolute Gasteiger partial charge is 0.272 e. The maximum Gasteiger partial charge on any atom is 0.399 e. The summed E-state index contributed by atoms with van der Waals surface area (Å²) in [7, 11) is -9.96. The van der Waals surface area contributed by atoms with Crippen LogP contribution in [0.3, 0.4) is 0 Å². The molecule has 0 aromatic rings. The molecule has 0 radical (unpaired) electrons.